The number of fused-ring (bicyclic) bond motifs is 7. The number of carbonyl (C=O) groups is 4. The maximum absolute atomic E-state index is 13.9. The molecule has 0 aromatic heterocycles. The molecule has 5 unspecified atom stereocenters. The van der Waals surface area contributed by atoms with Crippen molar-refractivity contribution in [3.8, 4) is 0 Å². The van der Waals surface area contributed by atoms with Crippen LogP contribution in [0.1, 0.15) is 160 Å². The van der Waals surface area contributed by atoms with Crippen molar-refractivity contribution < 1.29 is 33.8 Å². The van der Waals surface area contributed by atoms with Crippen molar-refractivity contribution in [3.63, 3.8) is 0 Å². The number of nitrogens with one attached hydrogen (secondary N) is 1. The second kappa shape index (κ2) is 13.8. The number of hydrogen-bond acceptors (Lipinski definition) is 6. The Morgan fingerprint density at radius 2 is 1.61 bits per heavy atom. The number of hydrogen-bond donors (Lipinski definition) is 2. The average molecular weight is 712 g/mol. The molecule has 5 aliphatic carbocycles. The van der Waals surface area contributed by atoms with Crippen molar-refractivity contribution >= 4 is 23.8 Å². The van der Waals surface area contributed by atoms with Crippen LogP contribution in [0.15, 0.2) is 11.1 Å². The van der Waals surface area contributed by atoms with Crippen LogP contribution >= 0.6 is 0 Å². The van der Waals surface area contributed by atoms with Crippen molar-refractivity contribution in [1.29, 1.82) is 0 Å². The molecule has 5 aliphatic rings. The molecule has 288 valence electrons. The smallest absolute Gasteiger partial charge is 0.407 e. The van der Waals surface area contributed by atoms with Gasteiger partial charge in [0.1, 0.15) is 6.10 Å². The molecule has 0 radical (unpaired) electrons. The summed E-state index contributed by atoms with van der Waals surface area (Å²) in [5.74, 6) is 0.250. The number of carboxylic acids is 1. The van der Waals surface area contributed by atoms with Gasteiger partial charge in [-0.1, -0.05) is 75.2 Å². The fourth-order valence-corrected chi connectivity index (χ4v) is 12.8. The average Bonchev–Trinajstić information content (AvgIpc) is 3.32. The molecule has 8 heteroatoms. The van der Waals surface area contributed by atoms with Gasteiger partial charge in [-0.15, -0.1) is 0 Å². The summed E-state index contributed by atoms with van der Waals surface area (Å²) in [6.07, 6.45) is 10.2. The molecular weight excluding hydrogens is 642 g/mol. The summed E-state index contributed by atoms with van der Waals surface area (Å²) >= 11 is 0. The van der Waals surface area contributed by atoms with Gasteiger partial charge < -0.3 is 19.9 Å². The van der Waals surface area contributed by atoms with Crippen molar-refractivity contribution in [2.75, 3.05) is 6.61 Å². The van der Waals surface area contributed by atoms with E-state index in [1.807, 2.05) is 0 Å². The van der Waals surface area contributed by atoms with Gasteiger partial charge in [-0.2, -0.15) is 0 Å². The van der Waals surface area contributed by atoms with Crippen LogP contribution in [0.3, 0.4) is 0 Å². The number of ketones is 1. The van der Waals surface area contributed by atoms with E-state index >= 15 is 0 Å². The topological polar surface area (TPSA) is 119 Å². The van der Waals surface area contributed by atoms with Gasteiger partial charge in [0, 0.05) is 11.8 Å². The fourth-order valence-electron chi connectivity index (χ4n) is 12.8. The van der Waals surface area contributed by atoms with Gasteiger partial charge in [0.2, 0.25) is 0 Å². The molecule has 51 heavy (non-hydrogen) atoms. The number of rotatable bonds is 11. The molecule has 2 N–H and O–H groups in total. The Hall–Kier alpha value is -2.38. The Morgan fingerprint density at radius 3 is 2.22 bits per heavy atom. The molecule has 0 aromatic carbocycles. The van der Waals surface area contributed by atoms with E-state index in [1.54, 1.807) is 13.8 Å². The lowest BCUT2D eigenvalue weighted by Gasteiger charge is -2.72. The minimum absolute atomic E-state index is 0.0359. The third-order valence-electron chi connectivity index (χ3n) is 15.9. The molecule has 0 saturated heterocycles. The van der Waals surface area contributed by atoms with Gasteiger partial charge in [-0.05, 0) is 129 Å². The zero-order valence-electron chi connectivity index (χ0n) is 33.8. The fraction of sp³-hybridized carbons (Fsp3) is 0.860. The minimum Gasteiger partial charge on any atom is -0.481 e. The summed E-state index contributed by atoms with van der Waals surface area (Å²) in [4.78, 5) is 52.2. The molecule has 0 spiro atoms. The summed E-state index contributed by atoms with van der Waals surface area (Å²) in [7, 11) is 0. The van der Waals surface area contributed by atoms with E-state index in [0.29, 0.717) is 30.8 Å². The molecule has 0 heterocycles. The number of allylic oxidation sites excluding steroid dienone is 1. The molecule has 0 aromatic rings. The lowest BCUT2D eigenvalue weighted by Crippen LogP contribution is -2.67. The van der Waals surface area contributed by atoms with Gasteiger partial charge in [-0.3, -0.25) is 14.4 Å². The maximum Gasteiger partial charge on any atom is 0.407 e. The molecule has 0 bridgehead atoms. The molecule has 1 amide bonds. The van der Waals surface area contributed by atoms with Gasteiger partial charge in [0.05, 0.1) is 24.0 Å². The first-order valence-corrected chi connectivity index (χ1v) is 20.3. The second-order valence-corrected chi connectivity index (χ2v) is 19.8. The van der Waals surface area contributed by atoms with E-state index < -0.39 is 22.9 Å². The number of amides is 1. The van der Waals surface area contributed by atoms with Crippen LogP contribution in [0, 0.1) is 56.7 Å². The quantitative estimate of drug-likeness (QED) is 0.205. The van der Waals surface area contributed by atoms with Crippen LogP contribution in [0.5, 0.6) is 0 Å². The van der Waals surface area contributed by atoms with E-state index in [-0.39, 0.29) is 57.9 Å². The first kappa shape index (κ1) is 39.8. The molecular formula is C43H69NO7. The molecule has 8 nitrogen and oxygen atoms in total. The third kappa shape index (κ3) is 6.49. The van der Waals surface area contributed by atoms with Gasteiger partial charge >= 0.3 is 18.0 Å². The van der Waals surface area contributed by atoms with Crippen LogP contribution in [-0.4, -0.2) is 47.2 Å². The largest absolute Gasteiger partial charge is 0.481 e. The van der Waals surface area contributed by atoms with Gasteiger partial charge in [0.15, 0.2) is 5.78 Å². The van der Waals surface area contributed by atoms with Crippen LogP contribution in [0.4, 0.5) is 4.79 Å². The predicted molar refractivity (Wildman–Crippen MR) is 199 cm³/mol. The summed E-state index contributed by atoms with van der Waals surface area (Å²) in [6.45, 7) is 24.2. The summed E-state index contributed by atoms with van der Waals surface area (Å²) < 4.78 is 12.0. The molecule has 9 atom stereocenters. The highest BCUT2D eigenvalue weighted by atomic mass is 16.6. The van der Waals surface area contributed by atoms with E-state index in [0.717, 1.165) is 76.2 Å². The zero-order valence-corrected chi connectivity index (χ0v) is 33.8. The first-order valence-electron chi connectivity index (χ1n) is 20.3. The second-order valence-electron chi connectivity index (χ2n) is 19.8. The number of Topliss-reactive ketones (excluding diaryl/α,β-unsaturated/α-hetero) is 1. The van der Waals surface area contributed by atoms with E-state index in [9.17, 15) is 24.3 Å². The Labute approximate surface area is 308 Å². The zero-order chi connectivity index (χ0) is 37.9. The van der Waals surface area contributed by atoms with E-state index in [1.165, 1.54) is 5.57 Å². The van der Waals surface area contributed by atoms with Crippen molar-refractivity contribution in [1.82, 2.24) is 5.32 Å². The highest BCUT2D eigenvalue weighted by molar-refractivity contribution is 6.02. The number of aliphatic carboxylic acids is 1. The molecule has 5 rings (SSSR count). The Morgan fingerprint density at radius 1 is 0.922 bits per heavy atom. The third-order valence-corrected chi connectivity index (χ3v) is 15.9. The Kier molecular flexibility index (Phi) is 10.8. The standard InChI is InChI=1S/C43H69NO7/c1-12-14-27(13-2)25-50-37(49)44-43-22-21-41(10)28(35(43)34(26(3)4)29(45)23-43)15-16-31-40(9)19-18-32(51-33(46)24-38(5,6)36(47)48)39(7,8)30(40)17-20-42(31,41)11/h26-28,30-32H,12-25H2,1-11H3,(H,44,49)(H,47,48)/t27?,28?,30?,31?,32-,40?,41+,42+,43+/m0/s1. The summed E-state index contributed by atoms with van der Waals surface area (Å²) in [5.41, 5.74) is 0.117. The summed E-state index contributed by atoms with van der Waals surface area (Å²) in [5, 5.41) is 13.0. The van der Waals surface area contributed by atoms with Crippen LogP contribution in [0.25, 0.3) is 0 Å². The SMILES string of the molecule is CCCC(CC)COC(=O)N[C@@]12CC[C@]3(C)C(CCC4C5(C)CC[C@H](OC(=O)CC(C)(C)C(=O)O)C(C)(C)C5CC[C@]43C)C1=C(C(C)C)C(=O)C2. The van der Waals surface area contributed by atoms with Gasteiger partial charge in [0.25, 0.3) is 0 Å². The highest BCUT2D eigenvalue weighted by Crippen LogP contribution is 2.76. The van der Waals surface area contributed by atoms with Crippen molar-refractivity contribution in [2.45, 2.75) is 171 Å². The van der Waals surface area contributed by atoms with E-state index in [2.05, 4.69) is 67.6 Å². The number of carbonyl (C=O) groups excluding carboxylic acids is 3. The number of ether oxygens (including phenoxy) is 2. The van der Waals surface area contributed by atoms with Crippen LogP contribution in [-0.2, 0) is 23.9 Å². The lowest BCUT2D eigenvalue weighted by molar-refractivity contribution is -0.232. The highest BCUT2D eigenvalue weighted by Gasteiger charge is 2.70. The summed E-state index contributed by atoms with van der Waals surface area (Å²) in [6, 6.07) is 0. The molecule has 4 saturated carbocycles. The first-order chi connectivity index (χ1) is 23.6. The van der Waals surface area contributed by atoms with Crippen LogP contribution < -0.4 is 5.32 Å². The molecule has 0 aliphatic heterocycles. The lowest BCUT2D eigenvalue weighted by atomic mass is 9.33. The number of carboxylic acid groups (broad SMARTS) is 1. The number of alkyl carbamates (subject to hydrolysis) is 1. The predicted octanol–water partition coefficient (Wildman–Crippen LogP) is 9.68. The van der Waals surface area contributed by atoms with Crippen molar-refractivity contribution in [2.24, 2.45) is 56.7 Å². The van der Waals surface area contributed by atoms with Crippen molar-refractivity contribution in [3.05, 3.63) is 11.1 Å². The monoisotopic (exact) mass is 712 g/mol. The van der Waals surface area contributed by atoms with Gasteiger partial charge in [-0.25, -0.2) is 4.79 Å². The van der Waals surface area contributed by atoms with Crippen LogP contribution in [0.2, 0.25) is 0 Å². The normalized spacial score (nSPS) is 37.8. The minimum atomic E-state index is -1.17. The number of esters is 1. The maximum atomic E-state index is 13.9. The van der Waals surface area contributed by atoms with E-state index in [4.69, 9.17) is 9.47 Å². The Bertz CT molecular complexity index is 1430. The molecule has 4 fully saturated rings. The Balaban J connectivity index is 1.41.